The van der Waals surface area contributed by atoms with Crippen LogP contribution in [0.3, 0.4) is 0 Å². The molecule has 0 aliphatic heterocycles. The third-order valence-corrected chi connectivity index (χ3v) is 5.07. The normalized spacial score (nSPS) is 9.88. The van der Waals surface area contributed by atoms with Crippen LogP contribution in [-0.4, -0.2) is 21.8 Å². The van der Waals surface area contributed by atoms with Gasteiger partial charge in [0.25, 0.3) is 11.8 Å². The van der Waals surface area contributed by atoms with Crippen molar-refractivity contribution in [3.8, 4) is 0 Å². The second-order valence-electron chi connectivity index (χ2n) is 6.43. The van der Waals surface area contributed by atoms with Gasteiger partial charge in [0.1, 0.15) is 0 Å². The summed E-state index contributed by atoms with van der Waals surface area (Å²) in [7, 11) is 0. The Morgan fingerprint density at radius 1 is 0.788 bits per heavy atom. The zero-order valence-corrected chi connectivity index (χ0v) is 19.9. The van der Waals surface area contributed by atoms with E-state index in [0.29, 0.717) is 27.8 Å². The molecule has 2 heterocycles. The van der Waals surface area contributed by atoms with E-state index >= 15 is 0 Å². The van der Waals surface area contributed by atoms with Gasteiger partial charge in [0, 0.05) is 24.0 Å². The first-order chi connectivity index (χ1) is 15.0. The predicted molar refractivity (Wildman–Crippen MR) is 136 cm³/mol. The summed E-state index contributed by atoms with van der Waals surface area (Å²) in [6, 6.07) is 15.2. The molecule has 4 rings (SSSR count). The van der Waals surface area contributed by atoms with Crippen molar-refractivity contribution >= 4 is 82.1 Å². The van der Waals surface area contributed by atoms with Crippen molar-refractivity contribution in [2.75, 3.05) is 10.7 Å². The molecule has 0 bridgehead atoms. The van der Waals surface area contributed by atoms with Crippen molar-refractivity contribution in [2.24, 2.45) is 0 Å². The number of nitrogens with one attached hydrogen (secondary N) is 3. The number of rotatable bonds is 5. The second kappa shape index (κ2) is 11.7. The van der Waals surface area contributed by atoms with Crippen LogP contribution >= 0.6 is 48.0 Å². The fourth-order valence-electron chi connectivity index (χ4n) is 2.98. The van der Waals surface area contributed by atoms with Gasteiger partial charge in [-0.15, -0.1) is 24.8 Å². The van der Waals surface area contributed by atoms with Crippen molar-refractivity contribution in [1.82, 2.24) is 15.4 Å². The summed E-state index contributed by atoms with van der Waals surface area (Å²) in [5.41, 5.74) is 7.73. The van der Waals surface area contributed by atoms with Gasteiger partial charge in [-0.05, 0) is 36.4 Å². The number of carbonyl (C=O) groups is 2. The van der Waals surface area contributed by atoms with Gasteiger partial charge < -0.3 is 5.32 Å². The zero-order valence-electron chi connectivity index (χ0n) is 16.7. The third kappa shape index (κ3) is 5.83. The molecule has 0 saturated carbocycles. The van der Waals surface area contributed by atoms with Crippen LogP contribution in [0.1, 0.15) is 20.7 Å². The highest BCUT2D eigenvalue weighted by Crippen LogP contribution is 2.29. The fraction of sp³-hybridized carbons (Fsp3) is 0. The number of nitrogens with zero attached hydrogens (tertiary/aromatic N) is 2. The highest BCUT2D eigenvalue weighted by molar-refractivity contribution is 6.40. The maximum atomic E-state index is 12.8. The molecule has 0 unspecified atom stereocenters. The van der Waals surface area contributed by atoms with E-state index in [4.69, 9.17) is 23.2 Å². The number of halogens is 4. The highest BCUT2D eigenvalue weighted by Gasteiger charge is 2.16. The van der Waals surface area contributed by atoms with Gasteiger partial charge in [-0.25, -0.2) is 0 Å². The number of aromatic nitrogens is 2. The Morgan fingerprint density at radius 3 is 2.21 bits per heavy atom. The minimum Gasteiger partial charge on any atom is -0.320 e. The summed E-state index contributed by atoms with van der Waals surface area (Å²) in [4.78, 5) is 33.4. The number of carbonyl (C=O) groups excluding carboxylic acids is 2. The largest absolute Gasteiger partial charge is 0.320 e. The average molecular weight is 525 g/mol. The molecule has 0 saturated heterocycles. The third-order valence-electron chi connectivity index (χ3n) is 4.44. The van der Waals surface area contributed by atoms with Crippen molar-refractivity contribution in [2.45, 2.75) is 0 Å². The van der Waals surface area contributed by atoms with Crippen LogP contribution in [0, 0.1) is 0 Å². The van der Waals surface area contributed by atoms with Crippen LogP contribution in [0.25, 0.3) is 10.9 Å². The maximum Gasteiger partial charge on any atom is 0.271 e. The van der Waals surface area contributed by atoms with Crippen LogP contribution in [0.5, 0.6) is 0 Å². The second-order valence-corrected chi connectivity index (χ2v) is 7.25. The molecule has 0 fully saturated rings. The van der Waals surface area contributed by atoms with Crippen molar-refractivity contribution in [3.05, 3.63) is 94.4 Å². The number of benzene rings is 2. The van der Waals surface area contributed by atoms with Crippen LogP contribution in [0.4, 0.5) is 11.4 Å². The minimum absolute atomic E-state index is 0. The summed E-state index contributed by atoms with van der Waals surface area (Å²) in [5.74, 6) is -0.788. The Bertz CT molecular complexity index is 1270. The number of pyridine rings is 2. The average Bonchev–Trinajstić information content (AvgIpc) is 2.78. The van der Waals surface area contributed by atoms with Crippen LogP contribution in [0.15, 0.2) is 73.2 Å². The lowest BCUT2D eigenvalue weighted by molar-refractivity contribution is 0.0961. The molecule has 170 valence electrons. The van der Waals surface area contributed by atoms with E-state index in [0.717, 1.165) is 0 Å². The Labute approximate surface area is 211 Å². The molecule has 2 aromatic heterocycles. The Hall–Kier alpha value is -3.10. The highest BCUT2D eigenvalue weighted by atomic mass is 35.5. The molecule has 0 spiro atoms. The SMILES string of the molecule is Cl.Cl.O=C(NNc1ccnc2c(NC(=O)c3c(Cl)cccc3Cl)cccc12)c1cccnc1. The summed E-state index contributed by atoms with van der Waals surface area (Å²) in [6.07, 6.45) is 4.63. The number of hydrogen-bond acceptors (Lipinski definition) is 5. The van der Waals surface area contributed by atoms with E-state index in [-0.39, 0.29) is 46.3 Å². The molecule has 2 aromatic carbocycles. The number of fused-ring (bicyclic) bond motifs is 1. The molecule has 0 aliphatic rings. The number of hydrogen-bond donors (Lipinski definition) is 3. The van der Waals surface area contributed by atoms with Gasteiger partial charge in [-0.2, -0.15) is 0 Å². The molecular weight excluding hydrogens is 508 g/mol. The fourth-order valence-corrected chi connectivity index (χ4v) is 3.55. The monoisotopic (exact) mass is 523 g/mol. The number of anilines is 2. The molecular formula is C22H17Cl4N5O2. The molecule has 2 amide bonds. The predicted octanol–water partition coefficient (Wildman–Crippen LogP) is 5.79. The maximum absolute atomic E-state index is 12.8. The van der Waals surface area contributed by atoms with E-state index < -0.39 is 5.91 Å². The summed E-state index contributed by atoms with van der Waals surface area (Å²) in [5, 5.41) is 4.00. The Morgan fingerprint density at radius 2 is 1.52 bits per heavy atom. The smallest absolute Gasteiger partial charge is 0.271 e. The molecule has 3 N–H and O–H groups in total. The Balaban J connectivity index is 0.00000193. The summed E-state index contributed by atoms with van der Waals surface area (Å²) >= 11 is 12.3. The molecule has 0 radical (unpaired) electrons. The number of amides is 2. The molecule has 0 aliphatic carbocycles. The lowest BCUT2D eigenvalue weighted by atomic mass is 10.1. The van der Waals surface area contributed by atoms with Gasteiger partial charge in [-0.3, -0.25) is 30.4 Å². The molecule has 7 nitrogen and oxygen atoms in total. The minimum atomic E-state index is -0.451. The molecule has 4 aromatic rings. The van der Waals surface area contributed by atoms with Crippen LogP contribution in [-0.2, 0) is 0 Å². The molecule has 11 heteroatoms. The topological polar surface area (TPSA) is 96.0 Å². The summed E-state index contributed by atoms with van der Waals surface area (Å²) < 4.78 is 0. The van der Waals surface area contributed by atoms with Crippen LogP contribution < -0.4 is 16.2 Å². The lowest BCUT2D eigenvalue weighted by Crippen LogP contribution is -2.29. The first-order valence-electron chi connectivity index (χ1n) is 9.14. The van der Waals surface area contributed by atoms with Gasteiger partial charge in [0.15, 0.2) is 0 Å². The number of hydrazine groups is 1. The first-order valence-corrected chi connectivity index (χ1v) is 9.89. The zero-order chi connectivity index (χ0) is 21.8. The first kappa shape index (κ1) is 26.2. The Kier molecular flexibility index (Phi) is 9.25. The van der Waals surface area contributed by atoms with Gasteiger partial charge in [0.2, 0.25) is 0 Å². The van der Waals surface area contributed by atoms with Crippen molar-refractivity contribution in [1.29, 1.82) is 0 Å². The van der Waals surface area contributed by atoms with E-state index in [1.54, 1.807) is 60.9 Å². The van der Waals surface area contributed by atoms with Gasteiger partial charge >= 0.3 is 0 Å². The van der Waals surface area contributed by atoms with Crippen molar-refractivity contribution in [3.63, 3.8) is 0 Å². The quantitative estimate of drug-likeness (QED) is 0.287. The lowest BCUT2D eigenvalue weighted by Gasteiger charge is -2.14. The van der Waals surface area contributed by atoms with E-state index in [1.807, 2.05) is 6.07 Å². The number of para-hydroxylation sites is 1. The molecule has 0 atom stereocenters. The van der Waals surface area contributed by atoms with Crippen molar-refractivity contribution < 1.29 is 9.59 Å². The van der Waals surface area contributed by atoms with E-state index in [9.17, 15) is 9.59 Å². The summed E-state index contributed by atoms with van der Waals surface area (Å²) in [6.45, 7) is 0. The van der Waals surface area contributed by atoms with Gasteiger partial charge in [-0.1, -0.05) is 41.4 Å². The standard InChI is InChI=1S/C22H15Cl2N5O2.2ClH/c23-15-6-2-7-16(24)19(15)22(31)27-18-8-1-5-14-17(9-11-26-20(14)18)28-29-21(30)13-4-3-10-25-12-13;;/h1-12H,(H,26,28)(H,27,31)(H,29,30);2*1H. The molecule has 33 heavy (non-hydrogen) atoms. The van der Waals surface area contributed by atoms with E-state index in [2.05, 4.69) is 26.1 Å². The van der Waals surface area contributed by atoms with E-state index in [1.165, 1.54) is 6.20 Å². The van der Waals surface area contributed by atoms with Crippen LogP contribution in [0.2, 0.25) is 10.0 Å². The van der Waals surface area contributed by atoms with Gasteiger partial charge in [0.05, 0.1) is 38.1 Å².